The molecule has 0 spiro atoms. The molecule has 1 aromatic rings. The molecule has 0 radical (unpaired) electrons. The summed E-state index contributed by atoms with van der Waals surface area (Å²) in [5.41, 5.74) is 1.22. The molecule has 68 valence electrons. The van der Waals surface area contributed by atoms with Crippen molar-refractivity contribution < 1.29 is 4.74 Å². The fourth-order valence-electron chi connectivity index (χ4n) is 1.53. The molecule has 2 nitrogen and oxygen atoms in total. The molecule has 1 saturated heterocycles. The first kappa shape index (κ1) is 8.51. The van der Waals surface area contributed by atoms with Crippen molar-refractivity contribution >= 4 is 17.4 Å². The molecule has 1 aliphatic rings. The zero-order valence-electron chi connectivity index (χ0n) is 7.36. The van der Waals surface area contributed by atoms with Gasteiger partial charge in [-0.3, -0.25) is 0 Å². The zero-order chi connectivity index (χ0) is 9.26. The van der Waals surface area contributed by atoms with Gasteiger partial charge in [0.15, 0.2) is 0 Å². The first-order valence-corrected chi connectivity index (χ1v) is 4.70. The van der Waals surface area contributed by atoms with Gasteiger partial charge in [-0.25, -0.2) is 0 Å². The Labute approximate surface area is 82.9 Å². The first-order chi connectivity index (χ1) is 6.27. The minimum atomic E-state index is 0.120. The van der Waals surface area contributed by atoms with Gasteiger partial charge in [-0.15, -0.1) is 0 Å². The maximum absolute atomic E-state index is 5.35. The molecule has 13 heavy (non-hydrogen) atoms. The van der Waals surface area contributed by atoms with Crippen LogP contribution in [0.4, 0.5) is 0 Å². The van der Waals surface area contributed by atoms with Crippen molar-refractivity contribution in [3.05, 3.63) is 35.9 Å². The Balaban J connectivity index is 2.23. The lowest BCUT2D eigenvalue weighted by Gasteiger charge is -2.12. The molecule has 1 aliphatic heterocycles. The quantitative estimate of drug-likeness (QED) is 0.689. The second-order valence-electron chi connectivity index (χ2n) is 3.14. The SMILES string of the molecule is CC1OC(=S)NC1c1ccccc1. The Morgan fingerprint density at radius 1 is 1.31 bits per heavy atom. The predicted molar refractivity (Wildman–Crippen MR) is 55.5 cm³/mol. The normalized spacial score (nSPS) is 26.7. The molecule has 0 saturated carbocycles. The predicted octanol–water partition coefficient (Wildman–Crippen LogP) is 2.02. The zero-order valence-corrected chi connectivity index (χ0v) is 8.17. The van der Waals surface area contributed by atoms with E-state index in [1.807, 2.05) is 25.1 Å². The molecule has 1 N–H and O–H groups in total. The van der Waals surface area contributed by atoms with Crippen LogP contribution in [0.25, 0.3) is 0 Å². The number of hydrogen-bond acceptors (Lipinski definition) is 2. The number of nitrogens with one attached hydrogen (secondary N) is 1. The molecule has 1 aromatic carbocycles. The second kappa shape index (κ2) is 3.34. The van der Waals surface area contributed by atoms with Gasteiger partial charge in [0, 0.05) is 0 Å². The topological polar surface area (TPSA) is 21.3 Å². The van der Waals surface area contributed by atoms with E-state index in [-0.39, 0.29) is 12.1 Å². The minimum Gasteiger partial charge on any atom is -0.465 e. The van der Waals surface area contributed by atoms with E-state index in [0.29, 0.717) is 5.17 Å². The van der Waals surface area contributed by atoms with Crippen LogP contribution in [0, 0.1) is 0 Å². The molecule has 0 bridgehead atoms. The van der Waals surface area contributed by atoms with Crippen LogP contribution < -0.4 is 5.32 Å². The molecule has 2 unspecified atom stereocenters. The second-order valence-corrected chi connectivity index (χ2v) is 3.51. The van der Waals surface area contributed by atoms with Crippen LogP contribution in [0.15, 0.2) is 30.3 Å². The van der Waals surface area contributed by atoms with Crippen LogP contribution in [0.2, 0.25) is 0 Å². The Kier molecular flexibility index (Phi) is 2.19. The van der Waals surface area contributed by atoms with Crippen molar-refractivity contribution in [1.29, 1.82) is 0 Å². The minimum absolute atomic E-state index is 0.120. The average Bonchev–Trinajstić information content (AvgIpc) is 2.47. The summed E-state index contributed by atoms with van der Waals surface area (Å²) in [4.78, 5) is 0. The van der Waals surface area contributed by atoms with Gasteiger partial charge in [-0.05, 0) is 24.7 Å². The van der Waals surface area contributed by atoms with Crippen molar-refractivity contribution in [1.82, 2.24) is 5.32 Å². The van der Waals surface area contributed by atoms with Crippen LogP contribution in [0.5, 0.6) is 0 Å². The lowest BCUT2D eigenvalue weighted by Crippen LogP contribution is -2.20. The fourth-order valence-corrected chi connectivity index (χ4v) is 1.81. The van der Waals surface area contributed by atoms with Crippen molar-refractivity contribution in [2.75, 3.05) is 0 Å². The van der Waals surface area contributed by atoms with Crippen LogP contribution in [-0.2, 0) is 4.74 Å². The van der Waals surface area contributed by atoms with E-state index in [1.165, 1.54) is 5.56 Å². The van der Waals surface area contributed by atoms with E-state index in [0.717, 1.165) is 0 Å². The highest BCUT2D eigenvalue weighted by molar-refractivity contribution is 7.80. The van der Waals surface area contributed by atoms with Gasteiger partial charge in [0.05, 0.1) is 6.04 Å². The molecule has 3 heteroatoms. The van der Waals surface area contributed by atoms with Crippen LogP contribution in [0.1, 0.15) is 18.5 Å². The van der Waals surface area contributed by atoms with Gasteiger partial charge in [-0.2, -0.15) is 0 Å². The van der Waals surface area contributed by atoms with Gasteiger partial charge in [0.25, 0.3) is 5.17 Å². The van der Waals surface area contributed by atoms with E-state index in [1.54, 1.807) is 0 Å². The van der Waals surface area contributed by atoms with Crippen molar-refractivity contribution in [3.8, 4) is 0 Å². The summed E-state index contributed by atoms with van der Waals surface area (Å²) in [6.07, 6.45) is 0.120. The van der Waals surface area contributed by atoms with Gasteiger partial charge in [0.2, 0.25) is 0 Å². The van der Waals surface area contributed by atoms with Crippen molar-refractivity contribution in [2.45, 2.75) is 19.1 Å². The average molecular weight is 193 g/mol. The Bertz CT molecular complexity index is 312. The van der Waals surface area contributed by atoms with Crippen LogP contribution in [-0.4, -0.2) is 11.3 Å². The molecule has 1 fully saturated rings. The summed E-state index contributed by atoms with van der Waals surface area (Å²) < 4.78 is 5.35. The Hall–Kier alpha value is -1.09. The van der Waals surface area contributed by atoms with Crippen molar-refractivity contribution in [2.24, 2.45) is 0 Å². The third-order valence-corrected chi connectivity index (χ3v) is 2.41. The third kappa shape index (κ3) is 1.65. The van der Waals surface area contributed by atoms with Crippen LogP contribution >= 0.6 is 12.2 Å². The fraction of sp³-hybridized carbons (Fsp3) is 0.300. The maximum Gasteiger partial charge on any atom is 0.257 e. The molecule has 0 amide bonds. The molecular weight excluding hydrogens is 182 g/mol. The van der Waals surface area contributed by atoms with Crippen molar-refractivity contribution in [3.63, 3.8) is 0 Å². The van der Waals surface area contributed by atoms with Gasteiger partial charge in [0.1, 0.15) is 6.10 Å². The summed E-state index contributed by atoms with van der Waals surface area (Å²) in [6, 6.07) is 10.4. The number of hydrogen-bond donors (Lipinski definition) is 1. The summed E-state index contributed by atoms with van der Waals surface area (Å²) in [5, 5.41) is 3.63. The highest BCUT2D eigenvalue weighted by Crippen LogP contribution is 2.23. The number of thiocarbonyl (C=S) groups is 1. The van der Waals surface area contributed by atoms with E-state index >= 15 is 0 Å². The summed E-state index contributed by atoms with van der Waals surface area (Å²) in [5.74, 6) is 0. The Morgan fingerprint density at radius 3 is 2.54 bits per heavy atom. The monoisotopic (exact) mass is 193 g/mol. The summed E-state index contributed by atoms with van der Waals surface area (Å²) in [7, 11) is 0. The largest absolute Gasteiger partial charge is 0.465 e. The highest BCUT2D eigenvalue weighted by Gasteiger charge is 2.28. The van der Waals surface area contributed by atoms with Crippen LogP contribution in [0.3, 0.4) is 0 Å². The molecule has 0 aliphatic carbocycles. The molecule has 2 atom stereocenters. The first-order valence-electron chi connectivity index (χ1n) is 4.29. The molecule has 2 rings (SSSR count). The number of rotatable bonds is 1. The lowest BCUT2D eigenvalue weighted by atomic mass is 10.0. The molecular formula is C10H11NOS. The number of benzene rings is 1. The van der Waals surface area contributed by atoms with E-state index in [2.05, 4.69) is 17.4 Å². The number of ether oxygens (including phenoxy) is 1. The van der Waals surface area contributed by atoms with Gasteiger partial charge >= 0.3 is 0 Å². The highest BCUT2D eigenvalue weighted by atomic mass is 32.1. The maximum atomic E-state index is 5.35. The van der Waals surface area contributed by atoms with E-state index < -0.39 is 0 Å². The lowest BCUT2D eigenvalue weighted by molar-refractivity contribution is 0.226. The standard InChI is InChI=1S/C10H11NOS/c1-7-9(11-10(13)12-7)8-5-3-2-4-6-8/h2-7,9H,1H3,(H,11,13). The Morgan fingerprint density at radius 2 is 2.00 bits per heavy atom. The third-order valence-electron chi connectivity index (χ3n) is 2.19. The van der Waals surface area contributed by atoms with Gasteiger partial charge < -0.3 is 10.1 Å². The van der Waals surface area contributed by atoms with E-state index in [4.69, 9.17) is 17.0 Å². The molecule has 0 aromatic heterocycles. The summed E-state index contributed by atoms with van der Waals surface area (Å²) >= 11 is 4.94. The molecule has 1 heterocycles. The van der Waals surface area contributed by atoms with E-state index in [9.17, 15) is 0 Å². The smallest absolute Gasteiger partial charge is 0.257 e. The van der Waals surface area contributed by atoms with Gasteiger partial charge in [-0.1, -0.05) is 30.3 Å². The summed E-state index contributed by atoms with van der Waals surface area (Å²) in [6.45, 7) is 2.02.